The van der Waals surface area contributed by atoms with Crippen molar-refractivity contribution in [2.75, 3.05) is 0 Å². The van der Waals surface area contributed by atoms with Gasteiger partial charge >= 0.3 is 0 Å². The second kappa shape index (κ2) is 5.89. The van der Waals surface area contributed by atoms with E-state index in [0.717, 1.165) is 24.7 Å². The van der Waals surface area contributed by atoms with Crippen molar-refractivity contribution >= 4 is 11.7 Å². The Morgan fingerprint density at radius 2 is 1.74 bits per heavy atom. The Kier molecular flexibility index (Phi) is 4.43. The van der Waals surface area contributed by atoms with Gasteiger partial charge in [0, 0.05) is 5.57 Å². The maximum atomic E-state index is 12.0. The Hall–Kier alpha value is -1.12. The van der Waals surface area contributed by atoms with Gasteiger partial charge in [0.15, 0.2) is 5.78 Å². The molecule has 2 fully saturated rings. The van der Waals surface area contributed by atoms with Gasteiger partial charge in [0.25, 0.3) is 0 Å². The number of nitrogens with one attached hydrogen (secondary N) is 1. The molecular weight excluding hydrogens is 238 g/mol. The highest BCUT2D eigenvalue weighted by molar-refractivity contribution is 5.96. The van der Waals surface area contributed by atoms with Crippen molar-refractivity contribution in [2.45, 2.75) is 58.9 Å². The third-order valence-electron chi connectivity index (χ3n) is 5.01. The number of rotatable bonds is 4. The summed E-state index contributed by atoms with van der Waals surface area (Å²) < 4.78 is 0. The highest BCUT2D eigenvalue weighted by Crippen LogP contribution is 2.47. The fraction of sp³-hybridized carbons (Fsp3) is 0.750. The molecule has 0 radical (unpaired) electrons. The number of ketones is 1. The van der Waals surface area contributed by atoms with Crippen molar-refractivity contribution in [3.63, 3.8) is 0 Å². The average molecular weight is 263 g/mol. The van der Waals surface area contributed by atoms with Crippen LogP contribution in [0.15, 0.2) is 11.6 Å². The van der Waals surface area contributed by atoms with Crippen LogP contribution in [0.4, 0.5) is 0 Å². The van der Waals surface area contributed by atoms with Crippen molar-refractivity contribution in [2.24, 2.45) is 17.8 Å². The number of hydrogen-bond donors (Lipinski definition) is 1. The molecule has 3 atom stereocenters. The third-order valence-corrected chi connectivity index (χ3v) is 5.01. The fourth-order valence-electron chi connectivity index (χ4n) is 3.82. The minimum absolute atomic E-state index is 0.0974. The first kappa shape index (κ1) is 14.3. The van der Waals surface area contributed by atoms with E-state index in [-0.39, 0.29) is 17.7 Å². The molecule has 0 bridgehead atoms. The summed E-state index contributed by atoms with van der Waals surface area (Å²) in [6.45, 7) is 5.23. The molecule has 0 aromatic carbocycles. The quantitative estimate of drug-likeness (QED) is 0.793. The molecule has 3 heteroatoms. The van der Waals surface area contributed by atoms with Crippen molar-refractivity contribution in [1.29, 1.82) is 0 Å². The van der Waals surface area contributed by atoms with E-state index in [1.807, 2.05) is 6.92 Å². The first-order chi connectivity index (χ1) is 9.02. The van der Waals surface area contributed by atoms with Crippen LogP contribution < -0.4 is 5.32 Å². The summed E-state index contributed by atoms with van der Waals surface area (Å²) in [7, 11) is 0. The zero-order valence-corrected chi connectivity index (χ0v) is 12.2. The van der Waals surface area contributed by atoms with Crippen LogP contribution in [0.3, 0.4) is 0 Å². The maximum Gasteiger partial charge on any atom is 0.247 e. The molecule has 0 aromatic heterocycles. The summed E-state index contributed by atoms with van der Waals surface area (Å²) in [5.41, 5.74) is 0.685. The standard InChI is InChI=1S/C16H25NO2/c1-4-10(2)16(19)17-15(11(3)18)14-8-12-6-5-7-13(12)9-14/h4,12-15H,5-9H2,1-3H3,(H,17,19)/b10-4+. The Labute approximate surface area is 115 Å². The zero-order chi connectivity index (χ0) is 14.0. The molecule has 1 amide bonds. The van der Waals surface area contributed by atoms with E-state index in [1.54, 1.807) is 19.9 Å². The number of carbonyl (C=O) groups is 2. The smallest absolute Gasteiger partial charge is 0.247 e. The summed E-state index contributed by atoms with van der Waals surface area (Å²) in [6.07, 6.45) is 7.99. The van der Waals surface area contributed by atoms with E-state index < -0.39 is 0 Å². The Morgan fingerprint density at radius 1 is 1.16 bits per heavy atom. The van der Waals surface area contributed by atoms with Crippen LogP contribution in [0.25, 0.3) is 0 Å². The van der Waals surface area contributed by atoms with Gasteiger partial charge in [-0.2, -0.15) is 0 Å². The summed E-state index contributed by atoms with van der Waals surface area (Å²) >= 11 is 0. The second-order valence-corrected chi connectivity index (χ2v) is 6.22. The fourth-order valence-corrected chi connectivity index (χ4v) is 3.82. The average Bonchev–Trinajstić information content (AvgIpc) is 2.94. The van der Waals surface area contributed by atoms with Gasteiger partial charge in [-0.05, 0) is 51.4 Å². The van der Waals surface area contributed by atoms with E-state index in [0.29, 0.717) is 11.5 Å². The molecule has 0 heterocycles. The van der Waals surface area contributed by atoms with Crippen LogP contribution in [0, 0.1) is 17.8 Å². The summed E-state index contributed by atoms with van der Waals surface area (Å²) in [4.78, 5) is 23.8. The number of allylic oxidation sites excluding steroid dienone is 1. The molecular formula is C16H25NO2. The van der Waals surface area contributed by atoms with Gasteiger partial charge in [-0.25, -0.2) is 0 Å². The minimum Gasteiger partial charge on any atom is -0.342 e. The Bertz CT molecular complexity index is 388. The molecule has 0 spiro atoms. The number of amides is 1. The Balaban J connectivity index is 2.01. The molecule has 0 saturated heterocycles. The second-order valence-electron chi connectivity index (χ2n) is 6.22. The monoisotopic (exact) mass is 263 g/mol. The first-order valence-electron chi connectivity index (χ1n) is 7.47. The van der Waals surface area contributed by atoms with Crippen LogP contribution >= 0.6 is 0 Å². The van der Waals surface area contributed by atoms with E-state index in [4.69, 9.17) is 0 Å². The van der Waals surface area contributed by atoms with Crippen LogP contribution in [-0.4, -0.2) is 17.7 Å². The molecule has 3 nitrogen and oxygen atoms in total. The van der Waals surface area contributed by atoms with Gasteiger partial charge < -0.3 is 5.32 Å². The van der Waals surface area contributed by atoms with Crippen molar-refractivity contribution in [1.82, 2.24) is 5.32 Å². The minimum atomic E-state index is -0.284. The Morgan fingerprint density at radius 3 is 2.21 bits per heavy atom. The lowest BCUT2D eigenvalue weighted by Crippen LogP contribution is -2.44. The van der Waals surface area contributed by atoms with Crippen LogP contribution in [0.1, 0.15) is 52.9 Å². The van der Waals surface area contributed by atoms with Gasteiger partial charge in [-0.1, -0.05) is 25.3 Å². The molecule has 0 aromatic rings. The molecule has 2 saturated carbocycles. The lowest BCUT2D eigenvalue weighted by atomic mass is 9.92. The molecule has 2 aliphatic carbocycles. The van der Waals surface area contributed by atoms with E-state index in [9.17, 15) is 9.59 Å². The van der Waals surface area contributed by atoms with Crippen molar-refractivity contribution in [3.05, 3.63) is 11.6 Å². The van der Waals surface area contributed by atoms with E-state index >= 15 is 0 Å². The van der Waals surface area contributed by atoms with Crippen molar-refractivity contribution < 1.29 is 9.59 Å². The lowest BCUT2D eigenvalue weighted by Gasteiger charge is -2.23. The predicted molar refractivity (Wildman–Crippen MR) is 75.6 cm³/mol. The molecule has 1 N–H and O–H groups in total. The topological polar surface area (TPSA) is 46.2 Å². The van der Waals surface area contributed by atoms with Gasteiger partial charge in [0.1, 0.15) is 0 Å². The van der Waals surface area contributed by atoms with Gasteiger partial charge in [-0.15, -0.1) is 0 Å². The SMILES string of the molecule is C/C=C(\C)C(=O)NC(C(C)=O)C1CC2CCCC2C1. The van der Waals surface area contributed by atoms with Gasteiger partial charge in [-0.3, -0.25) is 9.59 Å². The third kappa shape index (κ3) is 3.07. The highest BCUT2D eigenvalue weighted by atomic mass is 16.2. The zero-order valence-electron chi connectivity index (χ0n) is 12.2. The molecule has 2 rings (SSSR count). The van der Waals surface area contributed by atoms with Crippen LogP contribution in [0.2, 0.25) is 0 Å². The molecule has 106 valence electrons. The van der Waals surface area contributed by atoms with Crippen LogP contribution in [0.5, 0.6) is 0 Å². The highest BCUT2D eigenvalue weighted by Gasteiger charge is 2.41. The predicted octanol–water partition coefficient (Wildman–Crippen LogP) is 2.85. The van der Waals surface area contributed by atoms with Gasteiger partial charge in [0.05, 0.1) is 6.04 Å². The first-order valence-corrected chi connectivity index (χ1v) is 7.47. The van der Waals surface area contributed by atoms with E-state index in [2.05, 4.69) is 5.32 Å². The summed E-state index contributed by atoms with van der Waals surface area (Å²) in [6, 6.07) is -0.284. The number of hydrogen-bond acceptors (Lipinski definition) is 2. The number of Topliss-reactive ketones (excluding diaryl/α,β-unsaturated/α-hetero) is 1. The number of carbonyl (C=O) groups excluding carboxylic acids is 2. The molecule has 0 aliphatic heterocycles. The lowest BCUT2D eigenvalue weighted by molar-refractivity contribution is -0.126. The molecule has 19 heavy (non-hydrogen) atoms. The summed E-state index contributed by atoms with van der Waals surface area (Å²) in [5.74, 6) is 1.95. The molecule has 2 aliphatic rings. The van der Waals surface area contributed by atoms with E-state index in [1.165, 1.54) is 19.3 Å². The van der Waals surface area contributed by atoms with Crippen molar-refractivity contribution in [3.8, 4) is 0 Å². The maximum absolute atomic E-state index is 12.0. The normalized spacial score (nSPS) is 31.9. The van der Waals surface area contributed by atoms with Gasteiger partial charge in [0.2, 0.25) is 5.91 Å². The largest absolute Gasteiger partial charge is 0.342 e. The molecule has 3 unspecified atom stereocenters. The number of fused-ring (bicyclic) bond motifs is 1. The summed E-state index contributed by atoms with van der Waals surface area (Å²) in [5, 5.41) is 2.94. The van der Waals surface area contributed by atoms with Crippen LogP contribution in [-0.2, 0) is 9.59 Å².